The van der Waals surface area contributed by atoms with Crippen LogP contribution in [0.4, 0.5) is 13.2 Å². The molecule has 1 fully saturated rings. The Morgan fingerprint density at radius 1 is 1.21 bits per heavy atom. The standard InChI is InChI=1S/C9H9F3.C8H6ClN.C5H11N/c1-2-7-5-3-4-6-8(7)9(10,11)12;1-6-2-3-7(5-10)8(9)4-6;1-5-2-3-6-4-5/h3-6H,2H2,1H3;2-4H,1H3;5-6H,2-4H2,1H3. The summed E-state index contributed by atoms with van der Waals surface area (Å²) in [4.78, 5) is 0. The number of nitriles is 1. The van der Waals surface area contributed by atoms with Crippen LogP contribution >= 0.6 is 11.6 Å². The zero-order chi connectivity index (χ0) is 21.2. The number of rotatable bonds is 1. The maximum Gasteiger partial charge on any atom is 0.416 e. The average molecular weight is 411 g/mol. The third-order valence-electron chi connectivity index (χ3n) is 4.26. The summed E-state index contributed by atoms with van der Waals surface area (Å²) in [6, 6.07) is 13.0. The van der Waals surface area contributed by atoms with Crippen molar-refractivity contribution in [1.29, 1.82) is 5.26 Å². The van der Waals surface area contributed by atoms with Gasteiger partial charge in [-0.05, 0) is 68.1 Å². The van der Waals surface area contributed by atoms with Gasteiger partial charge in [0.05, 0.1) is 16.1 Å². The van der Waals surface area contributed by atoms with Crippen LogP contribution in [0.3, 0.4) is 0 Å². The molecule has 2 nitrogen and oxygen atoms in total. The normalized spacial score (nSPS) is 15.6. The van der Waals surface area contributed by atoms with Crippen LogP contribution in [-0.2, 0) is 12.6 Å². The lowest BCUT2D eigenvalue weighted by Gasteiger charge is -2.10. The van der Waals surface area contributed by atoms with Gasteiger partial charge < -0.3 is 5.32 Å². The van der Waals surface area contributed by atoms with E-state index in [1.54, 1.807) is 25.1 Å². The van der Waals surface area contributed by atoms with Crippen molar-refractivity contribution in [1.82, 2.24) is 5.32 Å². The summed E-state index contributed by atoms with van der Waals surface area (Å²) in [5, 5.41) is 12.3. The van der Waals surface area contributed by atoms with Crippen molar-refractivity contribution in [3.8, 4) is 6.07 Å². The third kappa shape index (κ3) is 8.33. The van der Waals surface area contributed by atoms with Crippen LogP contribution < -0.4 is 5.32 Å². The Balaban J connectivity index is 0.000000221. The second-order valence-corrected chi connectivity index (χ2v) is 7.11. The first-order valence-electron chi connectivity index (χ1n) is 9.21. The fourth-order valence-corrected chi connectivity index (χ4v) is 2.89. The number of nitrogens with zero attached hydrogens (tertiary/aromatic N) is 1. The molecule has 1 atom stereocenters. The van der Waals surface area contributed by atoms with E-state index in [0.29, 0.717) is 22.6 Å². The minimum atomic E-state index is -4.22. The molecule has 2 aromatic carbocycles. The van der Waals surface area contributed by atoms with E-state index in [2.05, 4.69) is 12.2 Å². The minimum absolute atomic E-state index is 0.352. The zero-order valence-corrected chi connectivity index (χ0v) is 17.2. The van der Waals surface area contributed by atoms with Crippen LogP contribution in [0.1, 0.15) is 42.5 Å². The highest BCUT2D eigenvalue weighted by Crippen LogP contribution is 2.31. The van der Waals surface area contributed by atoms with Gasteiger partial charge in [-0.1, -0.05) is 49.7 Å². The SMILES string of the molecule is CC1CCNC1.CCc1ccccc1C(F)(F)F.Cc1ccc(C#N)c(Cl)c1. The maximum atomic E-state index is 12.2. The Kier molecular flexibility index (Phi) is 10.1. The predicted octanol–water partition coefficient (Wildman–Crippen LogP) is 6.40. The van der Waals surface area contributed by atoms with Crippen LogP contribution in [0, 0.1) is 24.2 Å². The maximum absolute atomic E-state index is 12.2. The molecule has 0 radical (unpaired) electrons. The van der Waals surface area contributed by atoms with E-state index in [4.69, 9.17) is 16.9 Å². The van der Waals surface area contributed by atoms with Crippen molar-refractivity contribution >= 4 is 11.6 Å². The summed E-state index contributed by atoms with van der Waals surface area (Å²) >= 11 is 5.71. The molecule has 2 aromatic rings. The molecule has 0 amide bonds. The predicted molar refractivity (Wildman–Crippen MR) is 108 cm³/mol. The van der Waals surface area contributed by atoms with Gasteiger partial charge in [0.15, 0.2) is 0 Å². The molecule has 6 heteroatoms. The Hall–Kier alpha value is -2.03. The first-order chi connectivity index (χ1) is 13.2. The fraction of sp³-hybridized carbons (Fsp3) is 0.409. The van der Waals surface area contributed by atoms with E-state index in [9.17, 15) is 13.2 Å². The molecule has 1 aliphatic heterocycles. The van der Waals surface area contributed by atoms with Crippen molar-refractivity contribution in [2.75, 3.05) is 13.1 Å². The first kappa shape index (κ1) is 24.0. The van der Waals surface area contributed by atoms with Gasteiger partial charge in [0, 0.05) is 0 Å². The van der Waals surface area contributed by atoms with Gasteiger partial charge in [0.2, 0.25) is 0 Å². The molecule has 0 aromatic heterocycles. The second kappa shape index (κ2) is 11.7. The molecule has 0 bridgehead atoms. The zero-order valence-electron chi connectivity index (χ0n) is 16.4. The number of alkyl halides is 3. The molecule has 1 heterocycles. The molecule has 28 heavy (non-hydrogen) atoms. The molecule has 1 N–H and O–H groups in total. The summed E-state index contributed by atoms with van der Waals surface area (Å²) in [5.41, 5.74) is 1.44. The monoisotopic (exact) mass is 410 g/mol. The number of nitrogens with one attached hydrogen (secondary N) is 1. The molecule has 1 aliphatic rings. The largest absolute Gasteiger partial charge is 0.416 e. The Morgan fingerprint density at radius 2 is 1.89 bits per heavy atom. The summed E-state index contributed by atoms with van der Waals surface area (Å²) in [6.45, 7) is 8.40. The van der Waals surface area contributed by atoms with E-state index in [-0.39, 0.29) is 0 Å². The molecule has 3 rings (SSSR count). The van der Waals surface area contributed by atoms with Gasteiger partial charge in [-0.3, -0.25) is 0 Å². The van der Waals surface area contributed by atoms with Crippen LogP contribution in [-0.4, -0.2) is 13.1 Å². The average Bonchev–Trinajstić information content (AvgIpc) is 3.13. The smallest absolute Gasteiger partial charge is 0.316 e. The van der Waals surface area contributed by atoms with Crippen LogP contribution in [0.2, 0.25) is 5.02 Å². The summed E-state index contributed by atoms with van der Waals surface area (Å²) in [7, 11) is 0. The molecular weight excluding hydrogens is 385 g/mol. The van der Waals surface area contributed by atoms with Gasteiger partial charge in [-0.2, -0.15) is 18.4 Å². The van der Waals surface area contributed by atoms with Crippen molar-refractivity contribution in [2.45, 2.75) is 39.8 Å². The molecular formula is C22H26ClF3N2. The first-order valence-corrected chi connectivity index (χ1v) is 9.58. The van der Waals surface area contributed by atoms with Gasteiger partial charge in [-0.15, -0.1) is 0 Å². The van der Waals surface area contributed by atoms with E-state index in [0.717, 1.165) is 17.5 Å². The summed E-state index contributed by atoms with van der Waals surface area (Å²) in [6.07, 6.45) is -2.43. The van der Waals surface area contributed by atoms with E-state index < -0.39 is 11.7 Å². The number of hydrogen-bond donors (Lipinski definition) is 1. The Labute approximate surface area is 170 Å². The molecule has 0 spiro atoms. The van der Waals surface area contributed by atoms with Crippen molar-refractivity contribution in [2.24, 2.45) is 5.92 Å². The summed E-state index contributed by atoms with van der Waals surface area (Å²) in [5.74, 6) is 0.935. The Bertz CT molecular complexity index is 776. The highest BCUT2D eigenvalue weighted by atomic mass is 35.5. The number of hydrogen-bond acceptors (Lipinski definition) is 2. The topological polar surface area (TPSA) is 35.8 Å². The van der Waals surface area contributed by atoms with Crippen molar-refractivity contribution < 1.29 is 13.2 Å². The second-order valence-electron chi connectivity index (χ2n) is 6.70. The van der Waals surface area contributed by atoms with E-state index in [1.165, 1.54) is 31.6 Å². The highest BCUT2D eigenvalue weighted by molar-refractivity contribution is 6.31. The lowest BCUT2D eigenvalue weighted by Crippen LogP contribution is -2.08. The Morgan fingerprint density at radius 3 is 2.29 bits per heavy atom. The van der Waals surface area contributed by atoms with Crippen molar-refractivity contribution in [3.05, 3.63) is 69.7 Å². The summed E-state index contributed by atoms with van der Waals surface area (Å²) < 4.78 is 36.7. The molecule has 0 saturated carbocycles. The lowest BCUT2D eigenvalue weighted by molar-refractivity contribution is -0.138. The third-order valence-corrected chi connectivity index (χ3v) is 4.57. The van der Waals surface area contributed by atoms with Crippen LogP contribution in [0.15, 0.2) is 42.5 Å². The van der Waals surface area contributed by atoms with E-state index in [1.807, 2.05) is 19.1 Å². The quantitative estimate of drug-likeness (QED) is 0.590. The molecule has 0 aliphatic carbocycles. The highest BCUT2D eigenvalue weighted by Gasteiger charge is 2.32. The van der Waals surface area contributed by atoms with Crippen LogP contribution in [0.25, 0.3) is 0 Å². The fourth-order valence-electron chi connectivity index (χ4n) is 2.61. The van der Waals surface area contributed by atoms with Gasteiger partial charge in [-0.25, -0.2) is 0 Å². The van der Waals surface area contributed by atoms with Gasteiger partial charge >= 0.3 is 6.18 Å². The van der Waals surface area contributed by atoms with Crippen molar-refractivity contribution in [3.63, 3.8) is 0 Å². The lowest BCUT2D eigenvalue weighted by atomic mass is 10.1. The van der Waals surface area contributed by atoms with Gasteiger partial charge in [0.1, 0.15) is 6.07 Å². The van der Waals surface area contributed by atoms with Crippen LogP contribution in [0.5, 0.6) is 0 Å². The molecule has 1 unspecified atom stereocenters. The van der Waals surface area contributed by atoms with Gasteiger partial charge in [0.25, 0.3) is 0 Å². The number of benzene rings is 2. The minimum Gasteiger partial charge on any atom is -0.316 e. The molecule has 1 saturated heterocycles. The van der Waals surface area contributed by atoms with E-state index >= 15 is 0 Å². The number of halogens is 4. The number of aryl methyl sites for hydroxylation is 2. The molecule has 152 valence electrons.